The van der Waals surface area contributed by atoms with Crippen LogP contribution in [0.25, 0.3) is 0 Å². The maximum Gasteiger partial charge on any atom is 0.574 e. The molecule has 0 aliphatic carbocycles. The lowest BCUT2D eigenvalue weighted by Gasteiger charge is -2.13. The minimum absolute atomic E-state index is 0.0588. The van der Waals surface area contributed by atoms with Crippen LogP contribution in [0.3, 0.4) is 0 Å². The molecule has 0 aliphatic heterocycles. The minimum atomic E-state index is -5.11. The summed E-state index contributed by atoms with van der Waals surface area (Å²) in [6.45, 7) is 1.41. The van der Waals surface area contributed by atoms with Crippen molar-refractivity contribution in [3.8, 4) is 5.88 Å². The summed E-state index contributed by atoms with van der Waals surface area (Å²) in [5.74, 6) is -2.18. The Labute approximate surface area is 123 Å². The van der Waals surface area contributed by atoms with Gasteiger partial charge >= 0.3 is 12.3 Å². The van der Waals surface area contributed by atoms with Gasteiger partial charge in [-0.1, -0.05) is 0 Å². The van der Waals surface area contributed by atoms with Crippen LogP contribution in [0.1, 0.15) is 29.4 Å². The predicted molar refractivity (Wildman–Crippen MR) is 64.6 cm³/mol. The van der Waals surface area contributed by atoms with Gasteiger partial charge in [0.1, 0.15) is 5.69 Å². The van der Waals surface area contributed by atoms with Gasteiger partial charge in [0.2, 0.25) is 5.88 Å². The molecule has 4 nitrogen and oxygen atoms in total. The molecule has 20 heavy (non-hydrogen) atoms. The number of nitrogens with zero attached hydrogens (tertiary/aromatic N) is 1. The topological polar surface area (TPSA) is 48.4 Å². The van der Waals surface area contributed by atoms with Crippen molar-refractivity contribution in [3.63, 3.8) is 0 Å². The molecule has 0 saturated heterocycles. The van der Waals surface area contributed by atoms with Crippen molar-refractivity contribution in [2.45, 2.75) is 19.7 Å². The Morgan fingerprint density at radius 2 is 2.05 bits per heavy atom. The summed E-state index contributed by atoms with van der Waals surface area (Å²) in [5, 5.41) is 0. The molecule has 10 heteroatoms. The second-order valence-electron chi connectivity index (χ2n) is 3.28. The maximum absolute atomic E-state index is 12.7. The maximum atomic E-state index is 12.7. The summed E-state index contributed by atoms with van der Waals surface area (Å²) in [6.07, 6.45) is -8.27. The number of hydrogen-bond acceptors (Lipinski definition) is 4. The fraction of sp³-hybridized carbons (Fsp3) is 0.400. The van der Waals surface area contributed by atoms with E-state index in [9.17, 15) is 26.7 Å². The largest absolute Gasteiger partial charge is 0.574 e. The second kappa shape index (κ2) is 6.50. The van der Waals surface area contributed by atoms with Crippen LogP contribution in [-0.4, -0.2) is 23.9 Å². The van der Waals surface area contributed by atoms with Crippen molar-refractivity contribution in [3.05, 3.63) is 20.9 Å². The van der Waals surface area contributed by atoms with Gasteiger partial charge in [0, 0.05) is 6.07 Å². The van der Waals surface area contributed by atoms with E-state index in [4.69, 9.17) is 0 Å². The van der Waals surface area contributed by atoms with Crippen molar-refractivity contribution in [1.29, 1.82) is 0 Å². The molecule has 0 radical (unpaired) electrons. The molecule has 1 aromatic rings. The number of carbonyl (C=O) groups excluding carboxylic acids is 1. The van der Waals surface area contributed by atoms with Crippen molar-refractivity contribution in [2.75, 3.05) is 6.61 Å². The third-order valence-corrected chi connectivity index (χ3v) is 3.02. The van der Waals surface area contributed by atoms with Crippen LogP contribution in [-0.2, 0) is 4.74 Å². The van der Waals surface area contributed by atoms with E-state index in [2.05, 4.69) is 14.5 Å². The Morgan fingerprint density at radius 3 is 2.50 bits per heavy atom. The smallest absolute Gasteiger partial charge is 0.462 e. The zero-order chi connectivity index (χ0) is 15.5. The molecule has 0 amide bonds. The first kappa shape index (κ1) is 16.9. The highest BCUT2D eigenvalue weighted by molar-refractivity contribution is 14.1. The summed E-state index contributed by atoms with van der Waals surface area (Å²) in [6, 6.07) is 0.610. The second-order valence-corrected chi connectivity index (χ2v) is 4.35. The normalized spacial score (nSPS) is 11.6. The number of hydrogen-bond donors (Lipinski definition) is 0. The zero-order valence-electron chi connectivity index (χ0n) is 9.80. The lowest BCUT2D eigenvalue weighted by Crippen LogP contribution is -2.20. The number of ether oxygens (including phenoxy) is 2. The Hall–Kier alpha value is -1.20. The van der Waals surface area contributed by atoms with E-state index in [0.29, 0.717) is 6.07 Å². The predicted octanol–water partition coefficient (Wildman–Crippen LogP) is 3.70. The van der Waals surface area contributed by atoms with Gasteiger partial charge in [-0.15, -0.1) is 13.2 Å². The number of carbonyl (C=O) groups is 1. The van der Waals surface area contributed by atoms with Gasteiger partial charge in [0.15, 0.2) is 0 Å². The third-order valence-electron chi connectivity index (χ3n) is 1.88. The number of esters is 1. The van der Waals surface area contributed by atoms with Crippen LogP contribution >= 0.6 is 22.6 Å². The third kappa shape index (κ3) is 4.42. The molecule has 0 aliphatic rings. The quantitative estimate of drug-likeness (QED) is 0.431. The Balaban J connectivity index is 3.31. The molecule has 1 heterocycles. The van der Waals surface area contributed by atoms with Gasteiger partial charge < -0.3 is 9.47 Å². The van der Waals surface area contributed by atoms with Crippen LogP contribution in [0.2, 0.25) is 0 Å². The zero-order valence-corrected chi connectivity index (χ0v) is 12.0. The van der Waals surface area contributed by atoms with Gasteiger partial charge in [-0.3, -0.25) is 0 Å². The first-order chi connectivity index (χ1) is 9.15. The molecule has 112 valence electrons. The molecular formula is C10H7F5INO3. The van der Waals surface area contributed by atoms with E-state index in [-0.39, 0.29) is 10.2 Å². The molecule has 1 rings (SSSR count). The van der Waals surface area contributed by atoms with Crippen molar-refractivity contribution >= 4 is 28.6 Å². The Bertz CT molecular complexity index is 506. The average molecular weight is 411 g/mol. The summed E-state index contributed by atoms with van der Waals surface area (Å²) in [5.41, 5.74) is -1.44. The fourth-order valence-electron chi connectivity index (χ4n) is 1.20. The molecule has 0 N–H and O–H groups in total. The van der Waals surface area contributed by atoms with Gasteiger partial charge in [-0.05, 0) is 29.5 Å². The Kier molecular flexibility index (Phi) is 5.48. The fourth-order valence-corrected chi connectivity index (χ4v) is 1.93. The highest BCUT2D eigenvalue weighted by atomic mass is 127. The molecule has 0 spiro atoms. The van der Waals surface area contributed by atoms with Crippen molar-refractivity contribution in [2.24, 2.45) is 0 Å². The number of aromatic nitrogens is 1. The number of rotatable bonds is 4. The van der Waals surface area contributed by atoms with Gasteiger partial charge in [0.05, 0.1) is 15.7 Å². The van der Waals surface area contributed by atoms with Gasteiger partial charge in [-0.25, -0.2) is 18.6 Å². The monoisotopic (exact) mass is 411 g/mol. The minimum Gasteiger partial charge on any atom is -0.462 e. The molecule has 0 bridgehead atoms. The number of halogens is 6. The van der Waals surface area contributed by atoms with Crippen molar-refractivity contribution < 1.29 is 36.2 Å². The van der Waals surface area contributed by atoms with Crippen LogP contribution < -0.4 is 4.74 Å². The summed E-state index contributed by atoms with van der Waals surface area (Å²) in [7, 11) is 0. The molecule has 1 aromatic heterocycles. The molecule has 0 fully saturated rings. The van der Waals surface area contributed by atoms with Crippen LogP contribution in [0.15, 0.2) is 6.07 Å². The van der Waals surface area contributed by atoms with Crippen LogP contribution in [0, 0.1) is 3.57 Å². The first-order valence-corrected chi connectivity index (χ1v) is 6.15. The van der Waals surface area contributed by atoms with E-state index in [1.807, 2.05) is 0 Å². The van der Waals surface area contributed by atoms with Gasteiger partial charge in [-0.2, -0.15) is 0 Å². The van der Waals surface area contributed by atoms with Crippen LogP contribution in [0.5, 0.6) is 5.88 Å². The first-order valence-electron chi connectivity index (χ1n) is 5.07. The summed E-state index contributed by atoms with van der Waals surface area (Å²) >= 11 is 1.38. The van der Waals surface area contributed by atoms with E-state index in [1.165, 1.54) is 29.5 Å². The molecule has 0 saturated carbocycles. The molecular weight excluding hydrogens is 404 g/mol. The SMILES string of the molecule is CCOC(=O)c1cc(OC(F)(F)F)nc(C(F)F)c1I. The van der Waals surface area contributed by atoms with E-state index in [0.717, 1.165) is 0 Å². The lowest BCUT2D eigenvalue weighted by molar-refractivity contribution is -0.276. The van der Waals surface area contributed by atoms with Crippen LogP contribution in [0.4, 0.5) is 22.0 Å². The van der Waals surface area contributed by atoms with E-state index >= 15 is 0 Å². The van der Waals surface area contributed by atoms with E-state index < -0.39 is 35.9 Å². The number of pyridine rings is 1. The average Bonchev–Trinajstić information content (AvgIpc) is 2.29. The van der Waals surface area contributed by atoms with Gasteiger partial charge in [0.25, 0.3) is 6.43 Å². The summed E-state index contributed by atoms with van der Waals surface area (Å²) < 4.78 is 69.4. The highest BCUT2D eigenvalue weighted by Crippen LogP contribution is 2.31. The highest BCUT2D eigenvalue weighted by Gasteiger charge is 2.33. The summed E-state index contributed by atoms with van der Waals surface area (Å²) in [4.78, 5) is 14.6. The molecule has 0 unspecified atom stereocenters. The number of alkyl halides is 5. The molecule has 0 atom stereocenters. The molecule has 0 aromatic carbocycles. The van der Waals surface area contributed by atoms with E-state index in [1.54, 1.807) is 0 Å². The van der Waals surface area contributed by atoms with Crippen molar-refractivity contribution in [1.82, 2.24) is 4.98 Å². The lowest BCUT2D eigenvalue weighted by atomic mass is 10.2. The standard InChI is InChI=1S/C10H7F5INO3/c1-2-19-9(18)4-3-5(20-10(13,14)15)17-7(6(4)16)8(11)12/h3,8H,2H2,1H3. The Morgan fingerprint density at radius 1 is 1.45 bits per heavy atom.